The molecule has 0 amide bonds. The van der Waals surface area contributed by atoms with E-state index in [1.807, 2.05) is 6.08 Å². The zero-order chi connectivity index (χ0) is 13.3. The molecule has 0 spiro atoms. The lowest BCUT2D eigenvalue weighted by atomic mass is 9.93. The molecule has 0 radical (unpaired) electrons. The Balaban J connectivity index is 4.10. The highest BCUT2D eigenvalue weighted by Crippen LogP contribution is 2.14. The Morgan fingerprint density at radius 1 is 1.41 bits per heavy atom. The van der Waals surface area contributed by atoms with E-state index in [1.54, 1.807) is 6.92 Å². The van der Waals surface area contributed by atoms with Gasteiger partial charge in [-0.05, 0) is 25.4 Å². The van der Waals surface area contributed by atoms with Crippen molar-refractivity contribution in [2.45, 2.75) is 27.7 Å². The van der Waals surface area contributed by atoms with E-state index in [4.69, 9.17) is 10.5 Å². The van der Waals surface area contributed by atoms with Gasteiger partial charge in [0.1, 0.15) is 0 Å². The van der Waals surface area contributed by atoms with Gasteiger partial charge in [0.2, 0.25) is 0 Å². The van der Waals surface area contributed by atoms with Gasteiger partial charge in [0.05, 0.1) is 6.61 Å². The van der Waals surface area contributed by atoms with Gasteiger partial charge in [-0.2, -0.15) is 0 Å². The van der Waals surface area contributed by atoms with Crippen molar-refractivity contribution in [3.05, 3.63) is 12.2 Å². The summed E-state index contributed by atoms with van der Waals surface area (Å²) in [6.07, 6.45) is 3.33. The average molecular weight is 242 g/mol. The number of rotatable bonds is 8. The zero-order valence-corrected chi connectivity index (χ0v) is 11.5. The maximum Gasteiger partial charge on any atom is 0.330 e. The van der Waals surface area contributed by atoms with E-state index in [0.717, 1.165) is 19.6 Å². The van der Waals surface area contributed by atoms with Gasteiger partial charge < -0.3 is 10.5 Å². The molecule has 0 bridgehead atoms. The summed E-state index contributed by atoms with van der Waals surface area (Å²) in [6, 6.07) is 0. The summed E-state index contributed by atoms with van der Waals surface area (Å²) in [5, 5.41) is 0. The van der Waals surface area contributed by atoms with E-state index >= 15 is 0 Å². The third-order valence-electron chi connectivity index (χ3n) is 2.56. The largest absolute Gasteiger partial charge is 0.463 e. The standard InChI is InChI=1S/C13H26N2O2/c1-5-15(11-13(3,4)10-14)9-7-8-12(16)17-6-2/h7-8H,5-6,9-11,14H2,1-4H3/b8-7+. The summed E-state index contributed by atoms with van der Waals surface area (Å²) < 4.78 is 4.82. The van der Waals surface area contributed by atoms with E-state index in [-0.39, 0.29) is 11.4 Å². The molecule has 2 N–H and O–H groups in total. The lowest BCUT2D eigenvalue weighted by Gasteiger charge is -2.30. The molecule has 17 heavy (non-hydrogen) atoms. The van der Waals surface area contributed by atoms with Gasteiger partial charge in [-0.1, -0.05) is 26.8 Å². The van der Waals surface area contributed by atoms with Crippen LogP contribution in [0.15, 0.2) is 12.2 Å². The molecule has 0 atom stereocenters. The van der Waals surface area contributed by atoms with Crippen LogP contribution < -0.4 is 5.73 Å². The number of likely N-dealkylation sites (N-methyl/N-ethyl adjacent to an activating group) is 1. The molecule has 0 aliphatic rings. The highest BCUT2D eigenvalue weighted by Gasteiger charge is 2.18. The van der Waals surface area contributed by atoms with Crippen LogP contribution in [0.5, 0.6) is 0 Å². The van der Waals surface area contributed by atoms with Gasteiger partial charge >= 0.3 is 5.97 Å². The number of carbonyl (C=O) groups is 1. The summed E-state index contributed by atoms with van der Waals surface area (Å²) in [6.45, 7) is 11.9. The van der Waals surface area contributed by atoms with Crippen LogP contribution in [0, 0.1) is 5.41 Å². The number of nitrogens with zero attached hydrogens (tertiary/aromatic N) is 1. The molecule has 0 rings (SSSR count). The Kier molecular flexibility index (Phi) is 7.83. The lowest BCUT2D eigenvalue weighted by Crippen LogP contribution is -2.38. The fourth-order valence-corrected chi connectivity index (χ4v) is 1.46. The van der Waals surface area contributed by atoms with E-state index in [0.29, 0.717) is 13.2 Å². The minimum atomic E-state index is -0.276. The highest BCUT2D eigenvalue weighted by atomic mass is 16.5. The molecule has 4 heteroatoms. The third-order valence-corrected chi connectivity index (χ3v) is 2.56. The van der Waals surface area contributed by atoms with Crippen molar-refractivity contribution in [2.24, 2.45) is 11.1 Å². The van der Waals surface area contributed by atoms with Gasteiger partial charge in [0.25, 0.3) is 0 Å². The van der Waals surface area contributed by atoms with Crippen LogP contribution in [0.3, 0.4) is 0 Å². The maximum absolute atomic E-state index is 11.1. The first-order valence-electron chi connectivity index (χ1n) is 6.21. The first-order chi connectivity index (χ1) is 7.95. The average Bonchev–Trinajstić information content (AvgIpc) is 2.28. The van der Waals surface area contributed by atoms with Crippen molar-refractivity contribution in [1.82, 2.24) is 4.90 Å². The SMILES string of the molecule is CCOC(=O)/C=C/CN(CC)CC(C)(C)CN. The van der Waals surface area contributed by atoms with E-state index in [9.17, 15) is 4.79 Å². The van der Waals surface area contributed by atoms with Crippen molar-refractivity contribution in [2.75, 3.05) is 32.8 Å². The fraction of sp³-hybridized carbons (Fsp3) is 0.769. The molecule has 0 aromatic carbocycles. The lowest BCUT2D eigenvalue weighted by molar-refractivity contribution is -0.137. The Labute approximate surface area is 105 Å². The topological polar surface area (TPSA) is 55.6 Å². The van der Waals surface area contributed by atoms with Gasteiger partial charge in [0, 0.05) is 19.2 Å². The van der Waals surface area contributed by atoms with Gasteiger partial charge in [-0.3, -0.25) is 4.90 Å². The summed E-state index contributed by atoms with van der Waals surface area (Å²) in [5.41, 5.74) is 5.81. The van der Waals surface area contributed by atoms with Crippen molar-refractivity contribution >= 4 is 5.97 Å². The number of nitrogens with two attached hydrogens (primary N) is 1. The van der Waals surface area contributed by atoms with Gasteiger partial charge in [0.15, 0.2) is 0 Å². The molecule has 0 aromatic heterocycles. The molecular weight excluding hydrogens is 216 g/mol. The number of esters is 1. The molecule has 100 valence electrons. The molecule has 0 heterocycles. The molecular formula is C13H26N2O2. The molecule has 0 aliphatic carbocycles. The van der Waals surface area contributed by atoms with Crippen molar-refractivity contribution in [1.29, 1.82) is 0 Å². The molecule has 0 aromatic rings. The van der Waals surface area contributed by atoms with Crippen LogP contribution in [0.4, 0.5) is 0 Å². The molecule has 0 unspecified atom stereocenters. The molecule has 0 saturated heterocycles. The number of ether oxygens (including phenoxy) is 1. The van der Waals surface area contributed by atoms with Crippen molar-refractivity contribution < 1.29 is 9.53 Å². The maximum atomic E-state index is 11.1. The van der Waals surface area contributed by atoms with Crippen LogP contribution >= 0.6 is 0 Å². The Morgan fingerprint density at radius 3 is 2.53 bits per heavy atom. The van der Waals surface area contributed by atoms with Crippen molar-refractivity contribution in [3.8, 4) is 0 Å². The van der Waals surface area contributed by atoms with Crippen LogP contribution in [0.25, 0.3) is 0 Å². The minimum absolute atomic E-state index is 0.105. The second-order valence-electron chi connectivity index (χ2n) is 4.85. The smallest absolute Gasteiger partial charge is 0.330 e. The van der Waals surface area contributed by atoms with Crippen LogP contribution in [0.1, 0.15) is 27.7 Å². The zero-order valence-electron chi connectivity index (χ0n) is 11.5. The quantitative estimate of drug-likeness (QED) is 0.516. The first kappa shape index (κ1) is 16.1. The van der Waals surface area contributed by atoms with Gasteiger partial charge in [-0.15, -0.1) is 0 Å². The number of hydrogen-bond donors (Lipinski definition) is 1. The highest BCUT2D eigenvalue weighted by molar-refractivity contribution is 5.81. The molecule has 0 saturated carbocycles. The van der Waals surface area contributed by atoms with Crippen LogP contribution in [-0.2, 0) is 9.53 Å². The summed E-state index contributed by atoms with van der Waals surface area (Å²) in [7, 11) is 0. The molecule has 0 aliphatic heterocycles. The van der Waals surface area contributed by atoms with Crippen LogP contribution in [0.2, 0.25) is 0 Å². The second kappa shape index (κ2) is 8.25. The van der Waals surface area contributed by atoms with E-state index in [1.165, 1.54) is 6.08 Å². The third kappa shape index (κ3) is 7.94. The summed E-state index contributed by atoms with van der Waals surface area (Å²) >= 11 is 0. The second-order valence-corrected chi connectivity index (χ2v) is 4.85. The monoisotopic (exact) mass is 242 g/mol. The Morgan fingerprint density at radius 2 is 2.06 bits per heavy atom. The predicted molar refractivity (Wildman–Crippen MR) is 70.7 cm³/mol. The number of carbonyl (C=O) groups excluding carboxylic acids is 1. The van der Waals surface area contributed by atoms with Crippen molar-refractivity contribution in [3.63, 3.8) is 0 Å². The van der Waals surface area contributed by atoms with E-state index < -0.39 is 0 Å². The Hall–Kier alpha value is -0.870. The minimum Gasteiger partial charge on any atom is -0.463 e. The fourth-order valence-electron chi connectivity index (χ4n) is 1.46. The van der Waals surface area contributed by atoms with Crippen LogP contribution in [-0.4, -0.2) is 43.7 Å². The normalized spacial score (nSPS) is 12.4. The summed E-state index contributed by atoms with van der Waals surface area (Å²) in [4.78, 5) is 13.4. The molecule has 4 nitrogen and oxygen atoms in total. The summed E-state index contributed by atoms with van der Waals surface area (Å²) in [5.74, 6) is -0.276. The predicted octanol–water partition coefficient (Wildman–Crippen LogP) is 1.41. The Bertz CT molecular complexity index is 250. The number of hydrogen-bond acceptors (Lipinski definition) is 4. The van der Waals surface area contributed by atoms with Gasteiger partial charge in [-0.25, -0.2) is 4.79 Å². The van der Waals surface area contributed by atoms with E-state index in [2.05, 4.69) is 25.7 Å². The first-order valence-corrected chi connectivity index (χ1v) is 6.21. The molecule has 0 fully saturated rings.